The maximum Gasteiger partial charge on any atom is 0.149 e. The first kappa shape index (κ1) is 13.1. The highest BCUT2D eigenvalue weighted by Crippen LogP contribution is 2.32. The molecule has 1 heterocycles. The van der Waals surface area contributed by atoms with Gasteiger partial charge in [-0.25, -0.2) is 4.39 Å². The molecule has 0 atom stereocenters. The number of nitrogens with one attached hydrogen (secondary N) is 1. The molecule has 0 bridgehead atoms. The second-order valence-electron chi connectivity index (χ2n) is 4.66. The number of hydrogen-bond donors (Lipinski definition) is 2. The van der Waals surface area contributed by atoms with E-state index in [1.54, 1.807) is 18.2 Å². The Kier molecular flexibility index (Phi) is 3.71. The summed E-state index contributed by atoms with van der Waals surface area (Å²) in [5.41, 5.74) is 7.87. The normalized spacial score (nSPS) is 11.2. The third-order valence-electron chi connectivity index (χ3n) is 2.73. The molecule has 1 aromatic carbocycles. The molecule has 5 heteroatoms. The third kappa shape index (κ3) is 2.41. The van der Waals surface area contributed by atoms with E-state index in [9.17, 15) is 4.39 Å². The average Bonchev–Trinajstić information content (AvgIpc) is 2.64. The van der Waals surface area contributed by atoms with Gasteiger partial charge in [0.05, 0.1) is 10.2 Å². The fourth-order valence-electron chi connectivity index (χ4n) is 1.91. The summed E-state index contributed by atoms with van der Waals surface area (Å²) < 4.78 is 14.5. The zero-order valence-electron chi connectivity index (χ0n) is 10.3. The fraction of sp³-hybridized carbons (Fsp3) is 0.308. The number of nitrogens with two attached hydrogens (primary N) is 1. The molecule has 0 saturated carbocycles. The molecule has 96 valence electrons. The second kappa shape index (κ2) is 5.10. The van der Waals surface area contributed by atoms with Gasteiger partial charge in [0.15, 0.2) is 0 Å². The monoisotopic (exact) mass is 311 g/mol. The van der Waals surface area contributed by atoms with Gasteiger partial charge in [0.25, 0.3) is 0 Å². The molecule has 0 spiro atoms. The zero-order chi connectivity index (χ0) is 13.3. The Morgan fingerprint density at radius 3 is 2.83 bits per heavy atom. The lowest BCUT2D eigenvalue weighted by atomic mass is 9.99. The van der Waals surface area contributed by atoms with Crippen LogP contribution in [0.5, 0.6) is 0 Å². The SMILES string of the molecule is CC(C)Cc1c(N)n[nH]c1-c1cccc(Br)c1F. The van der Waals surface area contributed by atoms with Crippen molar-refractivity contribution in [3.05, 3.63) is 34.1 Å². The Balaban J connectivity index is 2.54. The van der Waals surface area contributed by atoms with Crippen molar-refractivity contribution in [2.75, 3.05) is 5.73 Å². The predicted octanol–water partition coefficient (Wildman–Crippen LogP) is 3.76. The highest BCUT2D eigenvalue weighted by molar-refractivity contribution is 9.10. The summed E-state index contributed by atoms with van der Waals surface area (Å²) in [7, 11) is 0. The molecule has 0 aliphatic carbocycles. The minimum Gasteiger partial charge on any atom is -0.382 e. The maximum atomic E-state index is 14.1. The third-order valence-corrected chi connectivity index (χ3v) is 3.34. The number of benzene rings is 1. The van der Waals surface area contributed by atoms with Crippen LogP contribution >= 0.6 is 15.9 Å². The summed E-state index contributed by atoms with van der Waals surface area (Å²) in [6.45, 7) is 4.18. The van der Waals surface area contributed by atoms with Crippen LogP contribution in [0.15, 0.2) is 22.7 Å². The van der Waals surface area contributed by atoms with Gasteiger partial charge in [-0.15, -0.1) is 0 Å². The Labute approximate surface area is 114 Å². The van der Waals surface area contributed by atoms with E-state index in [1.165, 1.54) is 0 Å². The summed E-state index contributed by atoms with van der Waals surface area (Å²) in [6, 6.07) is 5.18. The maximum absolute atomic E-state index is 14.1. The second-order valence-corrected chi connectivity index (χ2v) is 5.52. The van der Waals surface area contributed by atoms with Crippen molar-refractivity contribution >= 4 is 21.7 Å². The Bertz CT molecular complexity index is 563. The van der Waals surface area contributed by atoms with Gasteiger partial charge in [0.2, 0.25) is 0 Å². The van der Waals surface area contributed by atoms with Crippen molar-refractivity contribution in [3.63, 3.8) is 0 Å². The van der Waals surface area contributed by atoms with Crippen LogP contribution in [0.3, 0.4) is 0 Å². The number of halogens is 2. The number of rotatable bonds is 3. The van der Waals surface area contributed by atoms with E-state index in [0.717, 1.165) is 12.0 Å². The van der Waals surface area contributed by atoms with Gasteiger partial charge in [0, 0.05) is 11.1 Å². The van der Waals surface area contributed by atoms with Crippen molar-refractivity contribution < 1.29 is 4.39 Å². The first-order valence-corrected chi connectivity index (χ1v) is 6.57. The number of nitrogens with zero attached hydrogens (tertiary/aromatic N) is 1. The summed E-state index contributed by atoms with van der Waals surface area (Å²) in [5.74, 6) is 0.572. The molecular formula is C13H15BrFN3. The van der Waals surface area contributed by atoms with Crippen molar-refractivity contribution in [3.8, 4) is 11.3 Å². The van der Waals surface area contributed by atoms with Crippen LogP contribution in [-0.4, -0.2) is 10.2 Å². The summed E-state index contributed by atoms with van der Waals surface area (Å²) in [6.07, 6.45) is 0.767. The van der Waals surface area contributed by atoms with Crippen LogP contribution in [0.2, 0.25) is 0 Å². The quantitative estimate of drug-likeness (QED) is 0.906. The molecule has 1 aromatic heterocycles. The van der Waals surface area contributed by atoms with Gasteiger partial charge in [0.1, 0.15) is 11.6 Å². The predicted molar refractivity (Wildman–Crippen MR) is 74.6 cm³/mol. The first-order chi connectivity index (χ1) is 8.50. The standard InChI is InChI=1S/C13H15BrFN3/c1-7(2)6-9-12(17-18-13(9)16)8-4-3-5-10(14)11(8)15/h3-5,7H,6H2,1-2H3,(H3,16,17,18). The lowest BCUT2D eigenvalue weighted by Gasteiger charge is -2.08. The molecule has 0 saturated heterocycles. The van der Waals surface area contributed by atoms with E-state index in [4.69, 9.17) is 5.73 Å². The minimum absolute atomic E-state index is 0.300. The number of hydrogen-bond acceptors (Lipinski definition) is 2. The molecular weight excluding hydrogens is 297 g/mol. The molecule has 2 rings (SSSR count). The minimum atomic E-state index is -0.300. The molecule has 0 fully saturated rings. The first-order valence-electron chi connectivity index (χ1n) is 5.77. The van der Waals surface area contributed by atoms with Crippen LogP contribution in [0.4, 0.5) is 10.2 Å². The summed E-state index contributed by atoms with van der Waals surface area (Å²) in [4.78, 5) is 0. The van der Waals surface area contributed by atoms with Crippen molar-refractivity contribution in [1.82, 2.24) is 10.2 Å². The largest absolute Gasteiger partial charge is 0.382 e. The van der Waals surface area contributed by atoms with Crippen molar-refractivity contribution in [2.45, 2.75) is 20.3 Å². The lowest BCUT2D eigenvalue weighted by molar-refractivity contribution is 0.622. The van der Waals surface area contributed by atoms with E-state index < -0.39 is 0 Å². The molecule has 3 nitrogen and oxygen atoms in total. The topological polar surface area (TPSA) is 54.7 Å². The molecule has 0 aliphatic rings. The fourth-order valence-corrected chi connectivity index (χ4v) is 2.28. The van der Waals surface area contributed by atoms with Crippen LogP contribution in [-0.2, 0) is 6.42 Å². The number of aromatic nitrogens is 2. The summed E-state index contributed by atoms with van der Waals surface area (Å²) >= 11 is 3.19. The van der Waals surface area contributed by atoms with E-state index >= 15 is 0 Å². The molecule has 0 unspecified atom stereocenters. The van der Waals surface area contributed by atoms with Gasteiger partial charge >= 0.3 is 0 Å². The number of H-pyrrole nitrogens is 1. The van der Waals surface area contributed by atoms with E-state index in [2.05, 4.69) is 40.0 Å². The van der Waals surface area contributed by atoms with Gasteiger partial charge in [-0.1, -0.05) is 19.9 Å². The highest BCUT2D eigenvalue weighted by Gasteiger charge is 2.17. The molecule has 2 aromatic rings. The van der Waals surface area contributed by atoms with Crippen LogP contribution in [0.25, 0.3) is 11.3 Å². The Morgan fingerprint density at radius 2 is 2.17 bits per heavy atom. The van der Waals surface area contributed by atoms with E-state index in [-0.39, 0.29) is 5.82 Å². The summed E-state index contributed by atoms with van der Waals surface area (Å²) in [5, 5.41) is 6.82. The van der Waals surface area contributed by atoms with Gasteiger partial charge in [-0.2, -0.15) is 5.10 Å². The van der Waals surface area contributed by atoms with Crippen LogP contribution in [0, 0.1) is 11.7 Å². The smallest absolute Gasteiger partial charge is 0.149 e. The van der Waals surface area contributed by atoms with E-state index in [0.29, 0.717) is 27.5 Å². The van der Waals surface area contributed by atoms with Gasteiger partial charge in [-0.3, -0.25) is 5.10 Å². The number of nitrogen functional groups attached to an aromatic ring is 1. The van der Waals surface area contributed by atoms with Crippen molar-refractivity contribution in [2.24, 2.45) is 5.92 Å². The average molecular weight is 312 g/mol. The van der Waals surface area contributed by atoms with Gasteiger partial charge < -0.3 is 5.73 Å². The molecule has 0 amide bonds. The molecule has 0 aliphatic heterocycles. The number of anilines is 1. The van der Waals surface area contributed by atoms with Gasteiger partial charge in [-0.05, 0) is 40.4 Å². The van der Waals surface area contributed by atoms with Crippen molar-refractivity contribution in [1.29, 1.82) is 0 Å². The highest BCUT2D eigenvalue weighted by atomic mass is 79.9. The lowest BCUT2D eigenvalue weighted by Crippen LogP contribution is -1.99. The van der Waals surface area contributed by atoms with Crippen LogP contribution in [0.1, 0.15) is 19.4 Å². The molecule has 18 heavy (non-hydrogen) atoms. The van der Waals surface area contributed by atoms with Crippen LogP contribution < -0.4 is 5.73 Å². The number of aromatic amines is 1. The molecule has 3 N–H and O–H groups in total. The Morgan fingerprint density at radius 1 is 1.44 bits per heavy atom. The molecule has 0 radical (unpaired) electrons. The zero-order valence-corrected chi connectivity index (χ0v) is 11.9. The van der Waals surface area contributed by atoms with E-state index in [1.807, 2.05) is 0 Å². The Hall–Kier alpha value is -1.36.